The molecule has 0 aliphatic rings. The molecule has 0 saturated heterocycles. The maximum atomic E-state index is 5.09. The monoisotopic (exact) mass is 1560 g/mol. The van der Waals surface area contributed by atoms with Gasteiger partial charge in [-0.2, -0.15) is 11.3 Å². The summed E-state index contributed by atoms with van der Waals surface area (Å²) in [4.78, 5) is 34.7. The second kappa shape index (κ2) is 59.4. The molecule has 584 valence electrons. The van der Waals surface area contributed by atoms with Crippen LogP contribution in [0.2, 0.25) is 0 Å². The minimum atomic E-state index is 0.519. The normalized spacial score (nSPS) is 10.3. The summed E-state index contributed by atoms with van der Waals surface area (Å²) in [5.74, 6) is 9.07. The Balaban J connectivity index is 0.000000580. The van der Waals surface area contributed by atoms with E-state index in [4.69, 9.17) is 8.83 Å². The summed E-state index contributed by atoms with van der Waals surface area (Å²) < 4.78 is 14.0. The lowest BCUT2D eigenvalue weighted by atomic mass is 10.1. The molecule has 0 atom stereocenters. The number of rotatable bonds is 13. The molecule has 0 aromatic carbocycles. The fraction of sp³-hybridized carbons (Fsp3) is 0.433. The summed E-state index contributed by atoms with van der Waals surface area (Å²) in [6.45, 7) is 56.3. The molecule has 11 nitrogen and oxygen atoms in total. The quantitative estimate of drug-likeness (QED) is 0.115. The predicted molar refractivity (Wildman–Crippen MR) is 472 cm³/mol. The van der Waals surface area contributed by atoms with Gasteiger partial charge in [0, 0.05) is 117 Å². The zero-order valence-corrected chi connectivity index (χ0v) is 74.2. The maximum Gasteiger partial charge on any atom is 0.106 e. The number of nitrogens with one attached hydrogen (secondary N) is 2. The van der Waals surface area contributed by atoms with Gasteiger partial charge in [0.1, 0.15) is 5.76 Å². The van der Waals surface area contributed by atoms with E-state index in [1.54, 1.807) is 81.9 Å². The number of furan rings is 2. The highest BCUT2D eigenvalue weighted by Gasteiger charge is 2.04. The Morgan fingerprint density at radius 3 is 1.29 bits per heavy atom. The number of hydrogen-bond acceptors (Lipinski definition) is 15. The summed E-state index contributed by atoms with van der Waals surface area (Å²) in [5.41, 5.74) is 14.2. The van der Waals surface area contributed by atoms with E-state index in [1.807, 2.05) is 150 Å². The molecule has 0 aliphatic carbocycles. The van der Waals surface area contributed by atoms with E-state index in [1.165, 1.54) is 58.8 Å². The number of nitrogens with zero attached hydrogens (tertiary/aromatic N) is 7. The summed E-state index contributed by atoms with van der Waals surface area (Å²) in [6, 6.07) is 34.8. The van der Waals surface area contributed by atoms with Crippen LogP contribution in [0.15, 0.2) is 237 Å². The van der Waals surface area contributed by atoms with Gasteiger partial charge in [-0.25, -0.2) is 14.3 Å². The van der Waals surface area contributed by atoms with Gasteiger partial charge in [0.25, 0.3) is 0 Å². The third kappa shape index (κ3) is 47.8. The second-order valence-electron chi connectivity index (χ2n) is 28.8. The first-order valence-corrected chi connectivity index (χ1v) is 42.9. The molecule has 17 heteroatoms. The van der Waals surface area contributed by atoms with E-state index < -0.39 is 0 Å². The first-order chi connectivity index (χ1) is 51.0. The lowest BCUT2D eigenvalue weighted by Crippen LogP contribution is -1.88. The molecule has 0 spiro atoms. The molecule has 13 heterocycles. The van der Waals surface area contributed by atoms with Crippen LogP contribution in [-0.2, 0) is 0 Å². The fourth-order valence-corrected chi connectivity index (χ4v) is 12.2. The third-order valence-electron chi connectivity index (χ3n) is 15.2. The van der Waals surface area contributed by atoms with Crippen molar-refractivity contribution in [2.75, 3.05) is 0 Å². The topological polar surface area (TPSA) is 148 Å². The first-order valence-electron chi connectivity index (χ1n) is 37.6. The highest BCUT2D eigenvalue weighted by Crippen LogP contribution is 2.22. The van der Waals surface area contributed by atoms with Crippen LogP contribution in [0.4, 0.5) is 0 Å². The van der Waals surface area contributed by atoms with Gasteiger partial charge in [-0.05, 0) is 206 Å². The van der Waals surface area contributed by atoms with E-state index in [0.717, 1.165) is 11.5 Å². The van der Waals surface area contributed by atoms with E-state index in [0.29, 0.717) is 76.9 Å². The average molecular weight is 1560 g/mol. The van der Waals surface area contributed by atoms with Gasteiger partial charge in [0.2, 0.25) is 0 Å². The summed E-state index contributed by atoms with van der Waals surface area (Å²) >= 11 is 10.3. The van der Waals surface area contributed by atoms with Gasteiger partial charge in [0.15, 0.2) is 0 Å². The zero-order valence-electron chi connectivity index (χ0n) is 69.3. The molecular weight excluding hydrogens is 1430 g/mol. The van der Waals surface area contributed by atoms with Crippen molar-refractivity contribution in [2.45, 2.75) is 257 Å². The van der Waals surface area contributed by atoms with Gasteiger partial charge in [-0.15, -0.1) is 45.3 Å². The van der Waals surface area contributed by atoms with Crippen molar-refractivity contribution in [1.82, 2.24) is 44.2 Å². The smallest absolute Gasteiger partial charge is 0.106 e. The molecule has 0 unspecified atom stereocenters. The number of thiophene rings is 2. The summed E-state index contributed by atoms with van der Waals surface area (Å²) in [6.07, 6.45) is 25.9. The molecule has 107 heavy (non-hydrogen) atoms. The lowest BCUT2D eigenvalue weighted by Gasteiger charge is -2.01. The van der Waals surface area contributed by atoms with Crippen molar-refractivity contribution in [3.05, 3.63) is 298 Å². The Morgan fingerprint density at radius 2 is 1.02 bits per heavy atom. The van der Waals surface area contributed by atoms with Crippen molar-refractivity contribution in [3.8, 4) is 0 Å². The molecular formula is C90H131N9O2S6. The van der Waals surface area contributed by atoms with E-state index in [2.05, 4.69) is 288 Å². The Hall–Kier alpha value is -7.51. The van der Waals surface area contributed by atoms with Crippen LogP contribution in [0.3, 0.4) is 0 Å². The first kappa shape index (κ1) is 97.5. The van der Waals surface area contributed by atoms with Crippen LogP contribution in [0.1, 0.15) is 327 Å². The molecule has 0 radical (unpaired) electrons. The van der Waals surface area contributed by atoms with Crippen LogP contribution in [0.25, 0.3) is 0 Å². The minimum Gasteiger partial charge on any atom is -0.472 e. The third-order valence-corrected chi connectivity index (χ3v) is 20.9. The van der Waals surface area contributed by atoms with Gasteiger partial charge < -0.3 is 18.8 Å². The van der Waals surface area contributed by atoms with Crippen molar-refractivity contribution in [3.63, 3.8) is 0 Å². The minimum absolute atomic E-state index is 0.519. The zero-order chi connectivity index (χ0) is 79.9. The number of H-pyrrole nitrogens is 2. The molecule has 2 N–H and O–H groups in total. The van der Waals surface area contributed by atoms with Crippen molar-refractivity contribution in [2.24, 2.45) is 0 Å². The maximum absolute atomic E-state index is 5.09. The molecule has 0 bridgehead atoms. The van der Waals surface area contributed by atoms with E-state index >= 15 is 0 Å². The highest BCUT2D eigenvalue weighted by atomic mass is 32.1. The van der Waals surface area contributed by atoms with E-state index in [9.17, 15) is 0 Å². The number of pyridine rings is 3. The standard InChI is InChI=1S/3C8H11N.2C7H11N.2C7H10O.2C7H10S.4C6H9NS/c1-7(2)8-3-5-9-6-4-8;1-7(2)8-4-3-5-9-6-8;1-7(2)8-5-3-4-6-9-8;1-6(2)7-3-4-8-5-7;1-6(2)7-4-3-5-8-7;1-6(2)7-3-4-8-5-7;1-6(2)7-4-3-5-8-7;1-6(2)7-3-4-8-5-7;1-6(2)7-4-3-5-8-7;1-5(2)6-3-8-4-7-6;1-5(2)6-3-7-4-8-6;1-5(2)6-7-3-4-8-6;1-5(2)6-3-4-7-8-6/h3*3-7H,1-2H3;2*3-6,8H,1-2H3;4*3-6H,1-2H3;4*3-5H,1-2H3. The molecule has 0 aliphatic heterocycles. The Kier molecular flexibility index (Phi) is 54.2. The number of aromatic amines is 2. The lowest BCUT2D eigenvalue weighted by molar-refractivity contribution is 0.487. The molecule has 0 fully saturated rings. The molecule has 13 aromatic heterocycles. The molecule has 0 saturated carbocycles. The van der Waals surface area contributed by atoms with Crippen LogP contribution in [-0.4, -0.2) is 44.2 Å². The summed E-state index contributed by atoms with van der Waals surface area (Å²) in [5, 5.41) is 11.8. The Morgan fingerprint density at radius 1 is 0.346 bits per heavy atom. The summed E-state index contributed by atoms with van der Waals surface area (Å²) in [7, 11) is 0. The van der Waals surface area contributed by atoms with Crippen LogP contribution in [0.5, 0.6) is 0 Å². The van der Waals surface area contributed by atoms with Gasteiger partial charge in [-0.1, -0.05) is 198 Å². The highest BCUT2D eigenvalue weighted by molar-refractivity contribution is 7.10. The predicted octanol–water partition coefficient (Wildman–Crippen LogP) is 30.5. The van der Waals surface area contributed by atoms with Gasteiger partial charge >= 0.3 is 0 Å². The largest absolute Gasteiger partial charge is 0.472 e. The van der Waals surface area contributed by atoms with Crippen molar-refractivity contribution < 1.29 is 8.83 Å². The number of thiazole rings is 3. The molecule has 13 aromatic rings. The average Bonchev–Trinajstić information content (AvgIpc) is 1.88. The van der Waals surface area contributed by atoms with Crippen LogP contribution in [0, 0.1) is 0 Å². The van der Waals surface area contributed by atoms with Crippen molar-refractivity contribution >= 4 is 68.2 Å². The Labute approximate surface area is 671 Å². The van der Waals surface area contributed by atoms with E-state index in [-0.39, 0.29) is 0 Å². The fourth-order valence-electron chi connectivity index (χ4n) is 8.09. The second-order valence-corrected chi connectivity index (χ2v) is 34.0. The Bertz CT molecular complexity index is 3090. The molecule has 0 amide bonds. The van der Waals surface area contributed by atoms with Crippen molar-refractivity contribution in [1.29, 1.82) is 0 Å². The van der Waals surface area contributed by atoms with Crippen LogP contribution >= 0.6 is 68.2 Å². The molecule has 13 rings (SSSR count). The van der Waals surface area contributed by atoms with Crippen LogP contribution < -0.4 is 0 Å². The van der Waals surface area contributed by atoms with Gasteiger partial charge in [-0.3, -0.25) is 19.9 Å². The number of aromatic nitrogens is 9. The number of hydrogen-bond donors (Lipinski definition) is 2. The van der Waals surface area contributed by atoms with Gasteiger partial charge in [0.05, 0.1) is 40.5 Å². The SMILES string of the molecule is CC(C)c1cc[nH]c1.CC(C)c1ccc[nH]1.CC(C)c1ccccn1.CC(C)c1cccnc1.CC(C)c1ccco1.CC(C)c1cccs1.CC(C)c1ccncc1.CC(C)c1ccns1.CC(C)c1ccoc1.CC(C)c1ccsc1.CC(C)c1cncs1.CC(C)c1cscn1.CC(C)c1nccs1.